The largest absolute Gasteiger partial charge is 0.490 e. The number of amidine groups is 1. The molecule has 1 atom stereocenters. The molecule has 14 heavy (non-hydrogen) atoms. The fourth-order valence-corrected chi connectivity index (χ4v) is 1.12. The van der Waals surface area contributed by atoms with Gasteiger partial charge in [-0.2, -0.15) is 0 Å². The summed E-state index contributed by atoms with van der Waals surface area (Å²) in [5.74, 6) is 0.185. The van der Waals surface area contributed by atoms with Crippen molar-refractivity contribution in [3.05, 3.63) is 30.1 Å². The van der Waals surface area contributed by atoms with Crippen LogP contribution in [0.2, 0.25) is 0 Å². The standard InChI is InChI=1S/C10H13FN2O/c1-7(5-10(12)13)14-9-4-2-3-8(11)6-9/h2-4,6-7H,5H2,1H3,(H3,12,13). The summed E-state index contributed by atoms with van der Waals surface area (Å²) < 4.78 is 18.1. The Morgan fingerprint density at radius 2 is 2.36 bits per heavy atom. The van der Waals surface area contributed by atoms with Crippen molar-refractivity contribution in [1.82, 2.24) is 0 Å². The lowest BCUT2D eigenvalue weighted by molar-refractivity contribution is 0.228. The van der Waals surface area contributed by atoms with Crippen LogP contribution in [0.5, 0.6) is 5.75 Å². The first-order valence-electron chi connectivity index (χ1n) is 4.33. The van der Waals surface area contributed by atoms with Gasteiger partial charge in [0, 0.05) is 12.5 Å². The summed E-state index contributed by atoms with van der Waals surface area (Å²) in [6, 6.07) is 5.89. The second-order valence-corrected chi connectivity index (χ2v) is 3.12. The summed E-state index contributed by atoms with van der Waals surface area (Å²) in [7, 11) is 0. The van der Waals surface area contributed by atoms with Gasteiger partial charge >= 0.3 is 0 Å². The maximum Gasteiger partial charge on any atom is 0.126 e. The van der Waals surface area contributed by atoms with Gasteiger partial charge in [-0.3, -0.25) is 5.41 Å². The van der Waals surface area contributed by atoms with Gasteiger partial charge in [-0.25, -0.2) is 4.39 Å². The molecule has 0 heterocycles. The van der Waals surface area contributed by atoms with Crippen molar-refractivity contribution >= 4 is 5.84 Å². The number of nitrogens with two attached hydrogens (primary N) is 1. The molecule has 0 aliphatic heterocycles. The van der Waals surface area contributed by atoms with Gasteiger partial charge in [0.05, 0.1) is 5.84 Å². The summed E-state index contributed by atoms with van der Waals surface area (Å²) in [6.07, 6.45) is 0.130. The normalized spacial score (nSPS) is 12.1. The minimum absolute atomic E-state index is 0.0638. The van der Waals surface area contributed by atoms with Gasteiger partial charge in [0.25, 0.3) is 0 Å². The van der Waals surface area contributed by atoms with E-state index in [1.165, 1.54) is 12.1 Å². The predicted molar refractivity (Wildman–Crippen MR) is 53.0 cm³/mol. The molecule has 76 valence electrons. The highest BCUT2D eigenvalue weighted by Gasteiger charge is 2.05. The molecule has 1 unspecified atom stereocenters. The van der Waals surface area contributed by atoms with Gasteiger partial charge < -0.3 is 10.5 Å². The van der Waals surface area contributed by atoms with Crippen LogP contribution in [0.4, 0.5) is 4.39 Å². The van der Waals surface area contributed by atoms with Gasteiger partial charge in [0.1, 0.15) is 17.7 Å². The highest BCUT2D eigenvalue weighted by molar-refractivity contribution is 5.77. The predicted octanol–water partition coefficient (Wildman–Crippen LogP) is 1.92. The molecule has 0 spiro atoms. The number of nitrogens with one attached hydrogen (secondary N) is 1. The summed E-state index contributed by atoms with van der Waals surface area (Å²) in [5.41, 5.74) is 5.21. The number of hydrogen-bond donors (Lipinski definition) is 2. The Morgan fingerprint density at radius 1 is 1.64 bits per heavy atom. The van der Waals surface area contributed by atoms with E-state index in [0.717, 1.165) is 0 Å². The minimum atomic E-state index is -0.336. The average molecular weight is 196 g/mol. The molecule has 0 aliphatic rings. The van der Waals surface area contributed by atoms with Gasteiger partial charge in [0.2, 0.25) is 0 Å². The van der Waals surface area contributed by atoms with Crippen molar-refractivity contribution in [2.45, 2.75) is 19.4 Å². The quantitative estimate of drug-likeness (QED) is 0.571. The van der Waals surface area contributed by atoms with E-state index in [-0.39, 0.29) is 17.8 Å². The van der Waals surface area contributed by atoms with Gasteiger partial charge in [-0.1, -0.05) is 6.07 Å². The fourth-order valence-electron chi connectivity index (χ4n) is 1.12. The molecule has 1 aromatic carbocycles. The first kappa shape index (κ1) is 10.5. The van der Waals surface area contributed by atoms with Crippen molar-refractivity contribution < 1.29 is 9.13 Å². The highest BCUT2D eigenvalue weighted by Crippen LogP contribution is 2.14. The molecule has 0 bridgehead atoms. The third kappa shape index (κ3) is 3.43. The summed E-state index contributed by atoms with van der Waals surface area (Å²) >= 11 is 0. The Morgan fingerprint density at radius 3 is 2.93 bits per heavy atom. The molecule has 0 fully saturated rings. The van der Waals surface area contributed by atoms with Gasteiger partial charge in [-0.15, -0.1) is 0 Å². The number of benzene rings is 1. The van der Waals surface area contributed by atoms with Crippen LogP contribution < -0.4 is 10.5 Å². The third-order valence-electron chi connectivity index (χ3n) is 1.64. The van der Waals surface area contributed by atoms with E-state index in [9.17, 15) is 4.39 Å². The zero-order valence-electron chi connectivity index (χ0n) is 7.96. The van der Waals surface area contributed by atoms with E-state index in [4.69, 9.17) is 15.9 Å². The van der Waals surface area contributed by atoms with Crippen LogP contribution >= 0.6 is 0 Å². The van der Waals surface area contributed by atoms with Crippen molar-refractivity contribution in [3.63, 3.8) is 0 Å². The van der Waals surface area contributed by atoms with E-state index in [2.05, 4.69) is 0 Å². The van der Waals surface area contributed by atoms with Crippen LogP contribution in [0.1, 0.15) is 13.3 Å². The van der Waals surface area contributed by atoms with Crippen LogP contribution in [0.25, 0.3) is 0 Å². The summed E-state index contributed by atoms with van der Waals surface area (Å²) in [4.78, 5) is 0. The van der Waals surface area contributed by atoms with Crippen LogP contribution in [0, 0.1) is 11.2 Å². The van der Waals surface area contributed by atoms with Gasteiger partial charge in [-0.05, 0) is 19.1 Å². The Kier molecular flexibility index (Phi) is 3.45. The van der Waals surface area contributed by atoms with Crippen LogP contribution in [-0.4, -0.2) is 11.9 Å². The van der Waals surface area contributed by atoms with E-state index in [0.29, 0.717) is 12.2 Å². The Labute approximate surface area is 82.2 Å². The zero-order valence-corrected chi connectivity index (χ0v) is 7.96. The topological polar surface area (TPSA) is 59.1 Å². The van der Waals surface area contributed by atoms with Crippen LogP contribution in [0.15, 0.2) is 24.3 Å². The molecule has 0 aliphatic carbocycles. The maximum absolute atomic E-state index is 12.7. The maximum atomic E-state index is 12.7. The number of hydrogen-bond acceptors (Lipinski definition) is 2. The minimum Gasteiger partial charge on any atom is -0.490 e. The number of ether oxygens (including phenoxy) is 1. The lowest BCUT2D eigenvalue weighted by Gasteiger charge is -2.13. The molecule has 1 rings (SSSR count). The second-order valence-electron chi connectivity index (χ2n) is 3.12. The van der Waals surface area contributed by atoms with Crippen molar-refractivity contribution in [3.8, 4) is 5.75 Å². The summed E-state index contributed by atoms with van der Waals surface area (Å²) in [6.45, 7) is 1.78. The smallest absolute Gasteiger partial charge is 0.126 e. The Bertz CT molecular complexity index is 328. The Balaban J connectivity index is 2.55. The lowest BCUT2D eigenvalue weighted by atomic mass is 10.2. The van der Waals surface area contributed by atoms with E-state index >= 15 is 0 Å². The molecule has 0 amide bonds. The molecule has 0 saturated carbocycles. The lowest BCUT2D eigenvalue weighted by Crippen LogP contribution is -2.21. The number of rotatable bonds is 4. The number of halogens is 1. The van der Waals surface area contributed by atoms with Crippen molar-refractivity contribution in [1.29, 1.82) is 5.41 Å². The molecule has 3 nitrogen and oxygen atoms in total. The van der Waals surface area contributed by atoms with E-state index < -0.39 is 0 Å². The highest BCUT2D eigenvalue weighted by atomic mass is 19.1. The monoisotopic (exact) mass is 196 g/mol. The van der Waals surface area contributed by atoms with Crippen LogP contribution in [0.3, 0.4) is 0 Å². The van der Waals surface area contributed by atoms with E-state index in [1.54, 1.807) is 19.1 Å². The third-order valence-corrected chi connectivity index (χ3v) is 1.64. The molecule has 0 aromatic heterocycles. The zero-order chi connectivity index (χ0) is 10.6. The average Bonchev–Trinajstić information content (AvgIpc) is 2.01. The first-order valence-corrected chi connectivity index (χ1v) is 4.33. The molecule has 0 radical (unpaired) electrons. The van der Waals surface area contributed by atoms with Gasteiger partial charge in [0.15, 0.2) is 0 Å². The first-order chi connectivity index (χ1) is 6.58. The molecular weight excluding hydrogens is 183 g/mol. The Hall–Kier alpha value is -1.58. The van der Waals surface area contributed by atoms with Crippen LogP contribution in [-0.2, 0) is 0 Å². The van der Waals surface area contributed by atoms with Crippen molar-refractivity contribution in [2.24, 2.45) is 5.73 Å². The summed E-state index contributed by atoms with van der Waals surface area (Å²) in [5, 5.41) is 7.06. The molecule has 0 saturated heterocycles. The fraction of sp³-hybridized carbons (Fsp3) is 0.300. The van der Waals surface area contributed by atoms with Crippen molar-refractivity contribution in [2.75, 3.05) is 0 Å². The molecule has 3 N–H and O–H groups in total. The second kappa shape index (κ2) is 4.60. The SMILES string of the molecule is CC(CC(=N)N)Oc1cccc(F)c1. The molecule has 1 aromatic rings. The molecule has 4 heteroatoms. The molecular formula is C10H13FN2O. The van der Waals surface area contributed by atoms with E-state index in [1.807, 2.05) is 0 Å².